The van der Waals surface area contributed by atoms with Crippen molar-refractivity contribution in [3.8, 4) is 0 Å². The molecule has 1 heterocycles. The SMILES string of the molecule is CN(Cc1ccccc1Br)S(=O)(=O)c1cnc(Cl)c(Cl)c1. The molecule has 0 aliphatic carbocycles. The summed E-state index contributed by atoms with van der Waals surface area (Å²) in [6, 6.07) is 8.72. The highest BCUT2D eigenvalue weighted by atomic mass is 79.9. The number of benzene rings is 1. The summed E-state index contributed by atoms with van der Waals surface area (Å²) in [7, 11) is -2.19. The standard InChI is InChI=1S/C13H11BrCl2N2O2S/c1-18(8-9-4-2-3-5-11(9)14)21(19,20)10-6-12(15)13(16)17-7-10/h2-7H,8H2,1H3. The van der Waals surface area contributed by atoms with E-state index < -0.39 is 10.0 Å². The summed E-state index contributed by atoms with van der Waals surface area (Å²) >= 11 is 14.9. The van der Waals surface area contributed by atoms with Crippen LogP contribution in [0.2, 0.25) is 10.2 Å². The summed E-state index contributed by atoms with van der Waals surface area (Å²) < 4.78 is 27.0. The number of hydrogen-bond acceptors (Lipinski definition) is 3. The third kappa shape index (κ3) is 3.76. The van der Waals surface area contributed by atoms with Gasteiger partial charge in [-0.2, -0.15) is 4.31 Å². The van der Waals surface area contributed by atoms with E-state index in [4.69, 9.17) is 23.2 Å². The van der Waals surface area contributed by atoms with E-state index in [0.717, 1.165) is 10.0 Å². The molecule has 0 aliphatic heterocycles. The van der Waals surface area contributed by atoms with Crippen LogP contribution in [0.4, 0.5) is 0 Å². The highest BCUT2D eigenvalue weighted by Gasteiger charge is 2.22. The molecule has 0 amide bonds. The molecule has 2 aromatic rings. The van der Waals surface area contributed by atoms with Gasteiger partial charge in [-0.1, -0.05) is 57.3 Å². The van der Waals surface area contributed by atoms with Crippen molar-refractivity contribution in [1.29, 1.82) is 0 Å². The fraction of sp³-hybridized carbons (Fsp3) is 0.154. The van der Waals surface area contributed by atoms with Gasteiger partial charge in [0.15, 0.2) is 0 Å². The quantitative estimate of drug-likeness (QED) is 0.717. The van der Waals surface area contributed by atoms with Crippen LogP contribution in [0.3, 0.4) is 0 Å². The summed E-state index contributed by atoms with van der Waals surface area (Å²) in [4.78, 5) is 3.78. The minimum Gasteiger partial charge on any atom is -0.242 e. The minimum absolute atomic E-state index is 0.00598. The van der Waals surface area contributed by atoms with Crippen LogP contribution in [-0.4, -0.2) is 24.8 Å². The van der Waals surface area contributed by atoms with Gasteiger partial charge in [0.2, 0.25) is 10.0 Å². The zero-order chi connectivity index (χ0) is 15.6. The largest absolute Gasteiger partial charge is 0.244 e. The molecule has 1 aromatic heterocycles. The summed E-state index contributed by atoms with van der Waals surface area (Å²) in [5, 5.41) is 0.177. The van der Waals surface area contributed by atoms with Crippen molar-refractivity contribution < 1.29 is 8.42 Å². The fourth-order valence-corrected chi connectivity index (χ4v) is 3.54. The Morgan fingerprint density at radius 1 is 1.29 bits per heavy atom. The lowest BCUT2D eigenvalue weighted by Crippen LogP contribution is -2.26. The number of rotatable bonds is 4. The smallest absolute Gasteiger partial charge is 0.242 e. The van der Waals surface area contributed by atoms with E-state index in [9.17, 15) is 8.42 Å². The first kappa shape index (κ1) is 16.7. The van der Waals surface area contributed by atoms with E-state index in [1.165, 1.54) is 23.6 Å². The van der Waals surface area contributed by atoms with Crippen LogP contribution in [-0.2, 0) is 16.6 Å². The topological polar surface area (TPSA) is 50.3 Å². The highest BCUT2D eigenvalue weighted by Crippen LogP contribution is 2.25. The lowest BCUT2D eigenvalue weighted by Gasteiger charge is -2.18. The average molecular weight is 410 g/mol. The molecule has 112 valence electrons. The second-order valence-electron chi connectivity index (χ2n) is 4.30. The first-order valence-electron chi connectivity index (χ1n) is 5.83. The van der Waals surface area contributed by atoms with Gasteiger partial charge in [0, 0.05) is 24.3 Å². The Balaban J connectivity index is 2.30. The van der Waals surface area contributed by atoms with Gasteiger partial charge >= 0.3 is 0 Å². The third-order valence-corrected chi connectivity index (χ3v) is 6.06. The predicted molar refractivity (Wildman–Crippen MR) is 87.1 cm³/mol. The van der Waals surface area contributed by atoms with E-state index in [1.807, 2.05) is 24.3 Å². The maximum atomic E-state index is 12.5. The van der Waals surface area contributed by atoms with E-state index >= 15 is 0 Å². The molecule has 8 heteroatoms. The van der Waals surface area contributed by atoms with Crippen LogP contribution in [0.5, 0.6) is 0 Å². The lowest BCUT2D eigenvalue weighted by molar-refractivity contribution is 0.466. The maximum Gasteiger partial charge on any atom is 0.244 e. The van der Waals surface area contributed by atoms with Crippen LogP contribution < -0.4 is 0 Å². The molecule has 0 unspecified atom stereocenters. The van der Waals surface area contributed by atoms with Crippen LogP contribution in [0.1, 0.15) is 5.56 Å². The van der Waals surface area contributed by atoms with Crippen molar-refractivity contribution in [3.05, 3.63) is 56.7 Å². The molecule has 0 radical (unpaired) electrons. The van der Waals surface area contributed by atoms with Crippen LogP contribution in [0.15, 0.2) is 45.9 Å². The van der Waals surface area contributed by atoms with Gasteiger partial charge < -0.3 is 0 Å². The van der Waals surface area contributed by atoms with Crippen LogP contribution in [0.25, 0.3) is 0 Å². The Kier molecular flexibility index (Phi) is 5.27. The van der Waals surface area contributed by atoms with Gasteiger partial charge in [-0.25, -0.2) is 13.4 Å². The Morgan fingerprint density at radius 3 is 2.57 bits per heavy atom. The summed E-state index contributed by atoms with van der Waals surface area (Å²) in [6.45, 7) is 0.226. The van der Waals surface area contributed by atoms with Crippen molar-refractivity contribution in [3.63, 3.8) is 0 Å². The van der Waals surface area contributed by atoms with Crippen LogP contribution >= 0.6 is 39.1 Å². The van der Waals surface area contributed by atoms with E-state index in [2.05, 4.69) is 20.9 Å². The molecule has 0 N–H and O–H groups in total. The third-order valence-electron chi connectivity index (χ3n) is 2.83. The molecule has 0 fully saturated rings. The van der Waals surface area contributed by atoms with E-state index in [1.54, 1.807) is 0 Å². The van der Waals surface area contributed by atoms with E-state index in [0.29, 0.717) is 0 Å². The minimum atomic E-state index is -3.69. The molecule has 0 spiro atoms. The van der Waals surface area contributed by atoms with E-state index in [-0.39, 0.29) is 21.6 Å². The van der Waals surface area contributed by atoms with Gasteiger partial charge in [-0.15, -0.1) is 0 Å². The summed E-state index contributed by atoms with van der Waals surface area (Å²) in [6.07, 6.45) is 1.19. The first-order valence-corrected chi connectivity index (χ1v) is 8.82. The molecule has 2 rings (SSSR count). The highest BCUT2D eigenvalue weighted by molar-refractivity contribution is 9.10. The second-order valence-corrected chi connectivity index (χ2v) is 7.96. The molecule has 4 nitrogen and oxygen atoms in total. The fourth-order valence-electron chi connectivity index (χ4n) is 1.68. The van der Waals surface area contributed by atoms with Crippen LogP contribution in [0, 0.1) is 0 Å². The monoisotopic (exact) mass is 408 g/mol. The summed E-state index contributed by atoms with van der Waals surface area (Å²) in [5.74, 6) is 0. The lowest BCUT2D eigenvalue weighted by atomic mass is 10.2. The molecular weight excluding hydrogens is 399 g/mol. The number of hydrogen-bond donors (Lipinski definition) is 0. The maximum absolute atomic E-state index is 12.5. The molecule has 0 saturated heterocycles. The van der Waals surface area contributed by atoms with Gasteiger partial charge in [-0.3, -0.25) is 0 Å². The van der Waals surface area contributed by atoms with Crippen molar-refractivity contribution >= 4 is 49.2 Å². The molecular formula is C13H11BrCl2N2O2S. The Labute approximate surface area is 141 Å². The molecule has 21 heavy (non-hydrogen) atoms. The Morgan fingerprint density at radius 2 is 1.95 bits per heavy atom. The number of halogens is 3. The molecule has 1 aromatic carbocycles. The second kappa shape index (κ2) is 6.62. The molecule has 0 bridgehead atoms. The molecule has 0 aliphatic rings. The first-order chi connectivity index (χ1) is 9.82. The van der Waals surface area contributed by atoms with Crippen molar-refractivity contribution in [2.45, 2.75) is 11.4 Å². The summed E-state index contributed by atoms with van der Waals surface area (Å²) in [5.41, 5.74) is 0.858. The normalized spacial score (nSPS) is 11.9. The van der Waals surface area contributed by atoms with Crippen molar-refractivity contribution in [2.24, 2.45) is 0 Å². The Bertz CT molecular complexity index is 769. The number of sulfonamides is 1. The molecule has 0 atom stereocenters. The van der Waals surface area contributed by atoms with Gasteiger partial charge in [0.05, 0.1) is 5.02 Å². The predicted octanol–water partition coefficient (Wildman–Crippen LogP) is 3.97. The zero-order valence-corrected chi connectivity index (χ0v) is 14.8. The van der Waals surface area contributed by atoms with Gasteiger partial charge in [-0.05, 0) is 17.7 Å². The Hall–Kier alpha value is -0.660. The zero-order valence-electron chi connectivity index (χ0n) is 10.9. The van der Waals surface area contributed by atoms with Crippen molar-refractivity contribution in [1.82, 2.24) is 9.29 Å². The molecule has 0 saturated carbocycles. The number of nitrogens with zero attached hydrogens (tertiary/aromatic N) is 2. The number of aromatic nitrogens is 1. The average Bonchev–Trinajstić information content (AvgIpc) is 2.44. The van der Waals surface area contributed by atoms with Gasteiger partial charge in [0.1, 0.15) is 10.0 Å². The number of pyridine rings is 1. The van der Waals surface area contributed by atoms with Gasteiger partial charge in [0.25, 0.3) is 0 Å². The van der Waals surface area contributed by atoms with Crippen molar-refractivity contribution in [2.75, 3.05) is 7.05 Å².